The Morgan fingerprint density at radius 2 is 2.24 bits per heavy atom. The minimum atomic E-state index is -0.675. The number of aliphatic hydroxyl groups is 2. The van der Waals surface area contributed by atoms with Crippen molar-refractivity contribution in [3.63, 3.8) is 0 Å². The van der Waals surface area contributed by atoms with Gasteiger partial charge in [-0.3, -0.25) is 4.79 Å². The number of piperidine rings is 1. The van der Waals surface area contributed by atoms with Gasteiger partial charge in [0.2, 0.25) is 0 Å². The normalized spacial score (nSPS) is 22.7. The summed E-state index contributed by atoms with van der Waals surface area (Å²) < 4.78 is 1.87. The highest BCUT2D eigenvalue weighted by Crippen LogP contribution is 2.20. The summed E-state index contributed by atoms with van der Waals surface area (Å²) in [6.07, 6.45) is 1.84. The van der Waals surface area contributed by atoms with E-state index >= 15 is 0 Å². The molecule has 2 aromatic heterocycles. The maximum absolute atomic E-state index is 12.5. The molecule has 2 atom stereocenters. The third-order valence-electron chi connectivity index (χ3n) is 4.18. The smallest absolute Gasteiger partial charge is 0.272 e. The van der Waals surface area contributed by atoms with Crippen LogP contribution in [0, 0.1) is 5.92 Å². The first-order valence-electron chi connectivity index (χ1n) is 7.10. The molecule has 1 fully saturated rings. The standard InChI is InChI=1S/C15H19N3O3/c1-17-6-4-10-2-3-12(16-14(10)17)15(21)18-7-5-11(9-19)13(20)8-18/h2-4,6,11,13,19-20H,5,7-9H2,1H3/t11-,13+/m1/s1. The lowest BCUT2D eigenvalue weighted by Crippen LogP contribution is -2.47. The Balaban J connectivity index is 1.82. The number of amides is 1. The molecule has 0 radical (unpaired) electrons. The Labute approximate surface area is 122 Å². The van der Waals surface area contributed by atoms with Gasteiger partial charge < -0.3 is 19.7 Å². The Kier molecular flexibility index (Phi) is 3.65. The molecule has 0 spiro atoms. The third-order valence-corrected chi connectivity index (χ3v) is 4.18. The first-order chi connectivity index (χ1) is 10.1. The molecule has 3 heterocycles. The van der Waals surface area contributed by atoms with Crippen LogP contribution in [0.1, 0.15) is 16.9 Å². The number of nitrogens with zero attached hydrogens (tertiary/aromatic N) is 3. The van der Waals surface area contributed by atoms with Crippen LogP contribution in [0.5, 0.6) is 0 Å². The van der Waals surface area contributed by atoms with Gasteiger partial charge in [0.1, 0.15) is 11.3 Å². The summed E-state index contributed by atoms with van der Waals surface area (Å²) in [7, 11) is 1.89. The van der Waals surface area contributed by atoms with Crippen molar-refractivity contribution in [1.29, 1.82) is 0 Å². The molecule has 0 unspecified atom stereocenters. The first kappa shape index (κ1) is 14.0. The molecular weight excluding hydrogens is 270 g/mol. The summed E-state index contributed by atoms with van der Waals surface area (Å²) in [6, 6.07) is 5.55. The van der Waals surface area contributed by atoms with E-state index in [4.69, 9.17) is 5.11 Å². The van der Waals surface area contributed by atoms with E-state index in [0.717, 1.165) is 11.0 Å². The van der Waals surface area contributed by atoms with Crippen LogP contribution in [-0.4, -0.2) is 56.4 Å². The van der Waals surface area contributed by atoms with Gasteiger partial charge >= 0.3 is 0 Å². The second-order valence-corrected chi connectivity index (χ2v) is 5.59. The van der Waals surface area contributed by atoms with Gasteiger partial charge in [-0.05, 0) is 24.6 Å². The number of fused-ring (bicyclic) bond motifs is 1. The van der Waals surface area contributed by atoms with Gasteiger partial charge in [-0.1, -0.05) is 0 Å². The number of likely N-dealkylation sites (tertiary alicyclic amines) is 1. The monoisotopic (exact) mass is 289 g/mol. The van der Waals surface area contributed by atoms with E-state index in [1.807, 2.05) is 29.9 Å². The van der Waals surface area contributed by atoms with Crippen LogP contribution in [0.4, 0.5) is 0 Å². The maximum Gasteiger partial charge on any atom is 0.272 e. The molecule has 1 aliphatic rings. The van der Waals surface area contributed by atoms with Crippen LogP contribution in [0.3, 0.4) is 0 Å². The van der Waals surface area contributed by atoms with Crippen LogP contribution in [0.25, 0.3) is 11.0 Å². The number of carbonyl (C=O) groups is 1. The zero-order valence-corrected chi connectivity index (χ0v) is 11.9. The fourth-order valence-corrected chi connectivity index (χ4v) is 2.79. The molecule has 112 valence electrons. The highest BCUT2D eigenvalue weighted by atomic mass is 16.3. The van der Waals surface area contributed by atoms with Gasteiger partial charge in [0.05, 0.1) is 6.10 Å². The second kappa shape index (κ2) is 5.46. The average Bonchev–Trinajstić information content (AvgIpc) is 2.87. The molecule has 2 aromatic rings. The maximum atomic E-state index is 12.5. The highest BCUT2D eigenvalue weighted by Gasteiger charge is 2.30. The van der Waals surface area contributed by atoms with Crippen LogP contribution in [-0.2, 0) is 7.05 Å². The summed E-state index contributed by atoms with van der Waals surface area (Å²) in [4.78, 5) is 18.5. The molecule has 6 nitrogen and oxygen atoms in total. The average molecular weight is 289 g/mol. The van der Waals surface area contributed by atoms with E-state index in [1.54, 1.807) is 11.0 Å². The molecule has 2 N–H and O–H groups in total. The number of β-amino-alcohol motifs (C(OH)–C–C–N with tert-alkyl or cyclic N) is 1. The van der Waals surface area contributed by atoms with Crippen molar-refractivity contribution in [3.8, 4) is 0 Å². The Bertz CT molecular complexity index is 667. The molecule has 0 aromatic carbocycles. The van der Waals surface area contributed by atoms with E-state index in [0.29, 0.717) is 18.7 Å². The Hall–Kier alpha value is -1.92. The lowest BCUT2D eigenvalue weighted by molar-refractivity contribution is 0.000673. The zero-order chi connectivity index (χ0) is 15.0. The number of rotatable bonds is 2. The number of hydrogen-bond acceptors (Lipinski definition) is 4. The molecule has 0 bridgehead atoms. The number of hydrogen-bond donors (Lipinski definition) is 2. The lowest BCUT2D eigenvalue weighted by atomic mass is 9.94. The summed E-state index contributed by atoms with van der Waals surface area (Å²) >= 11 is 0. The van der Waals surface area contributed by atoms with Crippen molar-refractivity contribution in [3.05, 3.63) is 30.1 Å². The predicted molar refractivity (Wildman–Crippen MR) is 77.8 cm³/mol. The first-order valence-corrected chi connectivity index (χ1v) is 7.10. The van der Waals surface area contributed by atoms with Crippen molar-refractivity contribution in [1.82, 2.24) is 14.5 Å². The summed E-state index contributed by atoms with van der Waals surface area (Å²) in [5, 5.41) is 20.1. The molecule has 21 heavy (non-hydrogen) atoms. The molecule has 1 amide bonds. The zero-order valence-electron chi connectivity index (χ0n) is 11.9. The van der Waals surface area contributed by atoms with Crippen molar-refractivity contribution >= 4 is 16.9 Å². The van der Waals surface area contributed by atoms with E-state index in [1.165, 1.54) is 0 Å². The van der Waals surface area contributed by atoms with Crippen molar-refractivity contribution < 1.29 is 15.0 Å². The quantitative estimate of drug-likeness (QED) is 0.838. The minimum Gasteiger partial charge on any atom is -0.396 e. The number of aryl methyl sites for hydroxylation is 1. The van der Waals surface area contributed by atoms with Gasteiger partial charge in [0.15, 0.2) is 0 Å². The van der Waals surface area contributed by atoms with Gasteiger partial charge in [-0.15, -0.1) is 0 Å². The van der Waals surface area contributed by atoms with Crippen molar-refractivity contribution in [2.45, 2.75) is 12.5 Å². The van der Waals surface area contributed by atoms with Crippen LogP contribution in [0.2, 0.25) is 0 Å². The lowest BCUT2D eigenvalue weighted by Gasteiger charge is -2.34. The van der Waals surface area contributed by atoms with Gasteiger partial charge in [-0.2, -0.15) is 0 Å². The van der Waals surface area contributed by atoms with Gasteiger partial charge in [0.25, 0.3) is 5.91 Å². The molecule has 0 aliphatic carbocycles. The summed E-state index contributed by atoms with van der Waals surface area (Å²) in [5.41, 5.74) is 1.16. The number of carbonyl (C=O) groups excluding carboxylic acids is 1. The second-order valence-electron chi connectivity index (χ2n) is 5.59. The number of aromatic nitrogens is 2. The van der Waals surface area contributed by atoms with Crippen molar-refractivity contribution in [2.24, 2.45) is 13.0 Å². The van der Waals surface area contributed by atoms with Crippen LogP contribution < -0.4 is 0 Å². The molecule has 6 heteroatoms. The fraction of sp³-hybridized carbons (Fsp3) is 0.467. The third kappa shape index (κ3) is 2.52. The SMILES string of the molecule is Cn1ccc2ccc(C(=O)N3CC[C@H](CO)[C@@H](O)C3)nc21. The van der Waals surface area contributed by atoms with Crippen LogP contribution >= 0.6 is 0 Å². The topological polar surface area (TPSA) is 78.6 Å². The Morgan fingerprint density at radius 1 is 1.43 bits per heavy atom. The molecule has 1 saturated heterocycles. The molecule has 1 aliphatic heterocycles. The summed E-state index contributed by atoms with van der Waals surface area (Å²) in [5.74, 6) is -0.314. The van der Waals surface area contributed by atoms with Crippen LogP contribution in [0.15, 0.2) is 24.4 Å². The largest absolute Gasteiger partial charge is 0.396 e. The van der Waals surface area contributed by atoms with E-state index in [-0.39, 0.29) is 25.0 Å². The number of aliphatic hydroxyl groups excluding tert-OH is 2. The summed E-state index contributed by atoms with van der Waals surface area (Å²) in [6.45, 7) is 0.738. The number of pyridine rings is 1. The van der Waals surface area contributed by atoms with E-state index < -0.39 is 6.10 Å². The van der Waals surface area contributed by atoms with E-state index in [2.05, 4.69) is 4.98 Å². The Morgan fingerprint density at radius 3 is 2.95 bits per heavy atom. The predicted octanol–water partition coefficient (Wildman–Crippen LogP) is 0.389. The highest BCUT2D eigenvalue weighted by molar-refractivity contribution is 5.94. The van der Waals surface area contributed by atoms with Gasteiger partial charge in [0, 0.05) is 44.2 Å². The molecule has 0 saturated carbocycles. The van der Waals surface area contributed by atoms with Gasteiger partial charge in [-0.25, -0.2) is 4.98 Å². The van der Waals surface area contributed by atoms with E-state index in [9.17, 15) is 9.90 Å². The molecule has 3 rings (SSSR count). The molecular formula is C15H19N3O3. The van der Waals surface area contributed by atoms with Crippen molar-refractivity contribution in [2.75, 3.05) is 19.7 Å². The minimum absolute atomic E-state index is 0.0449. The fourth-order valence-electron chi connectivity index (χ4n) is 2.79.